The van der Waals surface area contributed by atoms with Gasteiger partial charge in [-0.15, -0.1) is 0 Å². The van der Waals surface area contributed by atoms with Crippen molar-refractivity contribution in [1.82, 2.24) is 15.5 Å². The van der Waals surface area contributed by atoms with Crippen LogP contribution in [0, 0.1) is 0 Å². The minimum atomic E-state index is -0.755. The minimum absolute atomic E-state index is 0.164. The van der Waals surface area contributed by atoms with Gasteiger partial charge in [-0.1, -0.05) is 0 Å². The Morgan fingerprint density at radius 2 is 2.10 bits per heavy atom. The van der Waals surface area contributed by atoms with Crippen LogP contribution in [0.2, 0.25) is 0 Å². The summed E-state index contributed by atoms with van der Waals surface area (Å²) in [6.45, 7) is 2.03. The van der Waals surface area contributed by atoms with Crippen LogP contribution < -0.4 is 16.4 Å². The lowest BCUT2D eigenvalue weighted by atomic mass is 10.1. The van der Waals surface area contributed by atoms with E-state index in [0.717, 1.165) is 6.42 Å². The Balaban J connectivity index is 1.91. The number of amides is 4. The SMILES string of the molecule is C[C@@H](NC(=O)[C@H]1CCC(=O)N1)C(=O)N1CCC[C@@H]1C(N)=O. The van der Waals surface area contributed by atoms with Crippen LogP contribution in [0.5, 0.6) is 0 Å². The maximum Gasteiger partial charge on any atom is 0.245 e. The van der Waals surface area contributed by atoms with Gasteiger partial charge in [0.25, 0.3) is 0 Å². The first kappa shape index (κ1) is 15.3. The molecule has 21 heavy (non-hydrogen) atoms. The summed E-state index contributed by atoms with van der Waals surface area (Å²) in [5.74, 6) is -1.39. The van der Waals surface area contributed by atoms with Crippen molar-refractivity contribution < 1.29 is 19.2 Å². The summed E-state index contributed by atoms with van der Waals surface area (Å²) in [5, 5.41) is 5.13. The predicted molar refractivity (Wildman–Crippen MR) is 72.7 cm³/mol. The van der Waals surface area contributed by atoms with Crippen LogP contribution in [-0.4, -0.2) is 53.2 Å². The van der Waals surface area contributed by atoms with Crippen LogP contribution in [0.4, 0.5) is 0 Å². The summed E-state index contributed by atoms with van der Waals surface area (Å²) >= 11 is 0. The zero-order valence-corrected chi connectivity index (χ0v) is 11.9. The summed E-state index contributed by atoms with van der Waals surface area (Å²) in [7, 11) is 0. The van der Waals surface area contributed by atoms with E-state index in [1.54, 1.807) is 6.92 Å². The summed E-state index contributed by atoms with van der Waals surface area (Å²) in [5.41, 5.74) is 5.27. The van der Waals surface area contributed by atoms with Gasteiger partial charge in [-0.3, -0.25) is 19.2 Å². The smallest absolute Gasteiger partial charge is 0.245 e. The fraction of sp³-hybridized carbons (Fsp3) is 0.692. The first-order valence-electron chi connectivity index (χ1n) is 7.09. The number of nitrogens with two attached hydrogens (primary N) is 1. The molecule has 2 aliphatic heterocycles. The Morgan fingerprint density at radius 3 is 2.67 bits per heavy atom. The molecule has 0 bridgehead atoms. The second-order valence-corrected chi connectivity index (χ2v) is 5.48. The topological polar surface area (TPSA) is 122 Å². The zero-order valence-electron chi connectivity index (χ0n) is 11.9. The Bertz CT molecular complexity index is 479. The number of primary amides is 1. The van der Waals surface area contributed by atoms with Gasteiger partial charge in [0.15, 0.2) is 0 Å². The molecule has 2 heterocycles. The molecule has 2 rings (SSSR count). The van der Waals surface area contributed by atoms with Gasteiger partial charge in [-0.2, -0.15) is 0 Å². The van der Waals surface area contributed by atoms with Crippen molar-refractivity contribution in [1.29, 1.82) is 0 Å². The molecule has 4 amide bonds. The number of rotatable bonds is 4. The Kier molecular flexibility index (Phi) is 4.44. The van der Waals surface area contributed by atoms with Crippen LogP contribution >= 0.6 is 0 Å². The predicted octanol–water partition coefficient (Wildman–Crippen LogP) is -1.75. The summed E-state index contributed by atoms with van der Waals surface area (Å²) in [6, 6.07) is -1.93. The van der Waals surface area contributed by atoms with Crippen molar-refractivity contribution >= 4 is 23.6 Å². The van der Waals surface area contributed by atoms with Gasteiger partial charge in [-0.05, 0) is 26.2 Å². The monoisotopic (exact) mass is 296 g/mol. The third-order valence-corrected chi connectivity index (χ3v) is 3.91. The van der Waals surface area contributed by atoms with E-state index in [-0.39, 0.29) is 17.7 Å². The molecule has 0 aliphatic carbocycles. The van der Waals surface area contributed by atoms with Crippen molar-refractivity contribution in [3.63, 3.8) is 0 Å². The molecule has 0 saturated carbocycles. The van der Waals surface area contributed by atoms with Gasteiger partial charge in [0.2, 0.25) is 23.6 Å². The standard InChI is InChI=1S/C13H20N4O4/c1-7(15-12(20)8-4-5-10(18)16-8)13(21)17-6-2-3-9(17)11(14)19/h7-9H,2-6H2,1H3,(H2,14,19)(H,15,20)(H,16,18)/t7-,8-,9-/m1/s1. The molecule has 0 unspecified atom stereocenters. The Morgan fingerprint density at radius 1 is 1.38 bits per heavy atom. The average Bonchev–Trinajstić information content (AvgIpc) is 3.05. The molecule has 0 aromatic rings. The molecule has 3 atom stereocenters. The fourth-order valence-corrected chi connectivity index (χ4v) is 2.76. The van der Waals surface area contributed by atoms with E-state index in [1.807, 2.05) is 0 Å². The Labute approximate surface area is 122 Å². The molecular weight excluding hydrogens is 276 g/mol. The van der Waals surface area contributed by atoms with E-state index in [2.05, 4.69) is 10.6 Å². The molecule has 0 spiro atoms. The van der Waals surface area contributed by atoms with E-state index in [4.69, 9.17) is 5.73 Å². The first-order valence-corrected chi connectivity index (χ1v) is 7.09. The van der Waals surface area contributed by atoms with Crippen LogP contribution in [0.3, 0.4) is 0 Å². The normalized spacial score (nSPS) is 26.3. The molecule has 0 aromatic carbocycles. The molecule has 116 valence electrons. The molecule has 2 saturated heterocycles. The fourth-order valence-electron chi connectivity index (χ4n) is 2.76. The van der Waals surface area contributed by atoms with Gasteiger partial charge in [0.1, 0.15) is 18.1 Å². The highest BCUT2D eigenvalue weighted by molar-refractivity contribution is 5.95. The van der Waals surface area contributed by atoms with Crippen LogP contribution in [0.25, 0.3) is 0 Å². The first-order chi connectivity index (χ1) is 9.90. The van der Waals surface area contributed by atoms with Crippen LogP contribution in [-0.2, 0) is 19.2 Å². The Hall–Kier alpha value is -2.12. The summed E-state index contributed by atoms with van der Waals surface area (Å²) in [6.07, 6.45) is 2.02. The van der Waals surface area contributed by atoms with E-state index >= 15 is 0 Å². The van der Waals surface area contributed by atoms with Crippen molar-refractivity contribution in [3.05, 3.63) is 0 Å². The third-order valence-electron chi connectivity index (χ3n) is 3.91. The maximum absolute atomic E-state index is 12.3. The van der Waals surface area contributed by atoms with Crippen molar-refractivity contribution in [2.75, 3.05) is 6.54 Å². The third kappa shape index (κ3) is 3.32. The number of nitrogens with one attached hydrogen (secondary N) is 2. The average molecular weight is 296 g/mol. The molecule has 2 aliphatic rings. The quantitative estimate of drug-likeness (QED) is 0.569. The number of likely N-dealkylation sites (tertiary alicyclic amines) is 1. The van der Waals surface area contributed by atoms with Crippen LogP contribution in [0.15, 0.2) is 0 Å². The van der Waals surface area contributed by atoms with E-state index in [9.17, 15) is 19.2 Å². The molecule has 0 radical (unpaired) electrons. The highest BCUT2D eigenvalue weighted by Gasteiger charge is 2.36. The molecule has 8 nitrogen and oxygen atoms in total. The largest absolute Gasteiger partial charge is 0.368 e. The summed E-state index contributed by atoms with van der Waals surface area (Å²) < 4.78 is 0. The number of hydrogen-bond donors (Lipinski definition) is 3. The molecule has 4 N–H and O–H groups in total. The second kappa shape index (κ2) is 6.11. The maximum atomic E-state index is 12.3. The number of nitrogens with zero attached hydrogens (tertiary/aromatic N) is 1. The second-order valence-electron chi connectivity index (χ2n) is 5.48. The molecule has 0 aromatic heterocycles. The number of carbonyl (C=O) groups excluding carboxylic acids is 4. The number of hydrogen-bond acceptors (Lipinski definition) is 4. The van der Waals surface area contributed by atoms with E-state index in [1.165, 1.54) is 4.90 Å². The highest BCUT2D eigenvalue weighted by Crippen LogP contribution is 2.18. The number of carbonyl (C=O) groups is 4. The van der Waals surface area contributed by atoms with Crippen molar-refractivity contribution in [2.24, 2.45) is 5.73 Å². The van der Waals surface area contributed by atoms with Gasteiger partial charge in [0, 0.05) is 13.0 Å². The zero-order chi connectivity index (χ0) is 15.6. The van der Waals surface area contributed by atoms with Gasteiger partial charge in [-0.25, -0.2) is 0 Å². The highest BCUT2D eigenvalue weighted by atomic mass is 16.2. The van der Waals surface area contributed by atoms with Gasteiger partial charge >= 0.3 is 0 Å². The molecule has 2 fully saturated rings. The van der Waals surface area contributed by atoms with E-state index in [0.29, 0.717) is 25.8 Å². The van der Waals surface area contributed by atoms with Crippen molar-refractivity contribution in [3.8, 4) is 0 Å². The summed E-state index contributed by atoms with van der Waals surface area (Å²) in [4.78, 5) is 48.0. The molecule has 8 heteroatoms. The molecular formula is C13H20N4O4. The van der Waals surface area contributed by atoms with Gasteiger partial charge in [0.05, 0.1) is 0 Å². The lowest BCUT2D eigenvalue weighted by Gasteiger charge is -2.26. The van der Waals surface area contributed by atoms with E-state index < -0.39 is 24.0 Å². The lowest BCUT2D eigenvalue weighted by Crippen LogP contribution is -2.54. The minimum Gasteiger partial charge on any atom is -0.368 e. The van der Waals surface area contributed by atoms with Crippen molar-refractivity contribution in [2.45, 2.75) is 50.7 Å². The lowest BCUT2D eigenvalue weighted by molar-refractivity contribution is -0.140. The van der Waals surface area contributed by atoms with Gasteiger partial charge < -0.3 is 21.3 Å². The van der Waals surface area contributed by atoms with Crippen LogP contribution in [0.1, 0.15) is 32.6 Å².